The molecule has 1 rings (SSSR count). The lowest BCUT2D eigenvalue weighted by atomic mass is 10.1. The van der Waals surface area contributed by atoms with Crippen molar-refractivity contribution in [3.63, 3.8) is 0 Å². The number of aryl methyl sites for hydroxylation is 1. The average Bonchev–Trinajstić information content (AvgIpc) is 2.31. The summed E-state index contributed by atoms with van der Waals surface area (Å²) in [5, 5.41) is 0. The molecule has 0 saturated carbocycles. The SMILES string of the molecule is CCCc1ccc(OCCC(N)C(N)=O)cc1. The Kier molecular flexibility index (Phi) is 5.49. The molecule has 0 radical (unpaired) electrons. The van der Waals surface area contributed by atoms with Gasteiger partial charge in [-0.2, -0.15) is 0 Å². The lowest BCUT2D eigenvalue weighted by Gasteiger charge is -2.09. The first-order valence-electron chi connectivity index (χ1n) is 5.90. The summed E-state index contributed by atoms with van der Waals surface area (Å²) in [7, 11) is 0. The Morgan fingerprint density at radius 3 is 2.53 bits per heavy atom. The zero-order chi connectivity index (χ0) is 12.7. The number of hydrogen-bond acceptors (Lipinski definition) is 3. The maximum atomic E-state index is 10.7. The van der Waals surface area contributed by atoms with E-state index in [1.165, 1.54) is 5.56 Å². The summed E-state index contributed by atoms with van der Waals surface area (Å²) in [4.78, 5) is 10.7. The Morgan fingerprint density at radius 2 is 2.00 bits per heavy atom. The van der Waals surface area contributed by atoms with Crippen LogP contribution < -0.4 is 16.2 Å². The Hall–Kier alpha value is -1.55. The highest BCUT2D eigenvalue weighted by molar-refractivity contribution is 5.79. The molecule has 1 atom stereocenters. The van der Waals surface area contributed by atoms with Crippen molar-refractivity contribution in [3.05, 3.63) is 29.8 Å². The molecule has 94 valence electrons. The maximum Gasteiger partial charge on any atom is 0.234 e. The molecule has 17 heavy (non-hydrogen) atoms. The molecule has 4 nitrogen and oxygen atoms in total. The molecule has 4 N–H and O–H groups in total. The first kappa shape index (κ1) is 13.5. The van der Waals surface area contributed by atoms with Crippen LogP contribution in [-0.2, 0) is 11.2 Å². The molecule has 4 heteroatoms. The number of hydrogen-bond donors (Lipinski definition) is 2. The lowest BCUT2D eigenvalue weighted by molar-refractivity contribution is -0.119. The fourth-order valence-corrected chi connectivity index (χ4v) is 1.49. The number of amides is 1. The number of ether oxygens (including phenoxy) is 1. The predicted octanol–water partition coefficient (Wildman–Crippen LogP) is 1.22. The first-order valence-corrected chi connectivity index (χ1v) is 5.90. The monoisotopic (exact) mass is 236 g/mol. The molecular formula is C13H20N2O2. The number of primary amides is 1. The van der Waals surface area contributed by atoms with Crippen molar-refractivity contribution in [2.75, 3.05) is 6.61 Å². The molecule has 0 spiro atoms. The normalized spacial score (nSPS) is 12.1. The van der Waals surface area contributed by atoms with Gasteiger partial charge >= 0.3 is 0 Å². The van der Waals surface area contributed by atoms with Gasteiger partial charge in [-0.25, -0.2) is 0 Å². The van der Waals surface area contributed by atoms with E-state index in [0.29, 0.717) is 13.0 Å². The van der Waals surface area contributed by atoms with Crippen molar-refractivity contribution in [3.8, 4) is 5.75 Å². The van der Waals surface area contributed by atoms with E-state index in [1.807, 2.05) is 24.3 Å². The standard InChI is InChI=1S/C13H20N2O2/c1-2-3-10-4-6-11(7-5-10)17-9-8-12(14)13(15)16/h4-7,12H,2-3,8-9,14H2,1H3,(H2,15,16). The fraction of sp³-hybridized carbons (Fsp3) is 0.462. The van der Waals surface area contributed by atoms with E-state index >= 15 is 0 Å². The maximum absolute atomic E-state index is 10.7. The summed E-state index contributed by atoms with van der Waals surface area (Å²) >= 11 is 0. The van der Waals surface area contributed by atoms with Crippen LogP contribution in [0.4, 0.5) is 0 Å². The first-order chi connectivity index (χ1) is 8.13. The minimum absolute atomic E-state index is 0.400. The minimum Gasteiger partial charge on any atom is -0.494 e. The zero-order valence-corrected chi connectivity index (χ0v) is 10.2. The van der Waals surface area contributed by atoms with Crippen LogP contribution in [0.2, 0.25) is 0 Å². The lowest BCUT2D eigenvalue weighted by Crippen LogP contribution is -2.37. The van der Waals surface area contributed by atoms with Crippen molar-refractivity contribution in [1.82, 2.24) is 0 Å². The second-order valence-corrected chi connectivity index (χ2v) is 4.04. The van der Waals surface area contributed by atoms with Crippen molar-refractivity contribution >= 4 is 5.91 Å². The third-order valence-electron chi connectivity index (χ3n) is 2.53. The highest BCUT2D eigenvalue weighted by Gasteiger charge is 2.08. The Labute approximate surface area is 102 Å². The van der Waals surface area contributed by atoms with E-state index in [1.54, 1.807) is 0 Å². The number of nitrogens with two attached hydrogens (primary N) is 2. The van der Waals surface area contributed by atoms with E-state index in [4.69, 9.17) is 16.2 Å². The molecule has 0 heterocycles. The second kappa shape index (κ2) is 6.91. The number of rotatable bonds is 7. The molecule has 0 fully saturated rings. The van der Waals surface area contributed by atoms with Crippen LogP contribution in [0, 0.1) is 0 Å². The summed E-state index contributed by atoms with van der Waals surface area (Å²) in [5.41, 5.74) is 11.8. The highest BCUT2D eigenvalue weighted by atomic mass is 16.5. The molecule has 1 amide bonds. The largest absolute Gasteiger partial charge is 0.494 e. The van der Waals surface area contributed by atoms with Crippen LogP contribution in [0.15, 0.2) is 24.3 Å². The summed E-state index contributed by atoms with van der Waals surface area (Å²) in [6.45, 7) is 2.55. The van der Waals surface area contributed by atoms with E-state index in [-0.39, 0.29) is 0 Å². The van der Waals surface area contributed by atoms with Gasteiger partial charge in [0, 0.05) is 6.42 Å². The molecule has 0 aromatic heterocycles. The van der Waals surface area contributed by atoms with Gasteiger partial charge in [0.25, 0.3) is 0 Å². The van der Waals surface area contributed by atoms with Crippen LogP contribution in [0.25, 0.3) is 0 Å². The smallest absolute Gasteiger partial charge is 0.234 e. The number of carbonyl (C=O) groups excluding carboxylic acids is 1. The molecule has 1 aromatic rings. The molecule has 0 saturated heterocycles. The Balaban J connectivity index is 2.34. The van der Waals surface area contributed by atoms with Crippen LogP contribution in [-0.4, -0.2) is 18.6 Å². The quantitative estimate of drug-likeness (QED) is 0.747. The molecular weight excluding hydrogens is 216 g/mol. The van der Waals surface area contributed by atoms with Gasteiger partial charge in [0.2, 0.25) is 5.91 Å². The van der Waals surface area contributed by atoms with Gasteiger partial charge in [-0.15, -0.1) is 0 Å². The van der Waals surface area contributed by atoms with Crippen LogP contribution in [0.5, 0.6) is 5.75 Å². The summed E-state index contributed by atoms with van der Waals surface area (Å²) < 4.78 is 5.47. The van der Waals surface area contributed by atoms with Crippen LogP contribution in [0.3, 0.4) is 0 Å². The van der Waals surface area contributed by atoms with Gasteiger partial charge in [-0.05, 0) is 24.1 Å². The molecule has 1 unspecified atom stereocenters. The van der Waals surface area contributed by atoms with E-state index < -0.39 is 11.9 Å². The van der Waals surface area contributed by atoms with E-state index in [9.17, 15) is 4.79 Å². The predicted molar refractivity (Wildman–Crippen MR) is 67.7 cm³/mol. The summed E-state index contributed by atoms with van der Waals surface area (Å²) in [6, 6.07) is 7.33. The van der Waals surface area contributed by atoms with Crippen molar-refractivity contribution in [2.24, 2.45) is 11.5 Å². The number of benzene rings is 1. The molecule has 0 aliphatic carbocycles. The molecule has 0 aliphatic rings. The third-order valence-corrected chi connectivity index (χ3v) is 2.53. The fourth-order valence-electron chi connectivity index (χ4n) is 1.49. The Morgan fingerprint density at radius 1 is 1.35 bits per heavy atom. The van der Waals surface area contributed by atoms with Crippen LogP contribution in [0.1, 0.15) is 25.3 Å². The molecule has 1 aromatic carbocycles. The topological polar surface area (TPSA) is 78.3 Å². The highest BCUT2D eigenvalue weighted by Crippen LogP contribution is 2.13. The Bertz CT molecular complexity index is 349. The van der Waals surface area contributed by atoms with Crippen LogP contribution >= 0.6 is 0 Å². The van der Waals surface area contributed by atoms with Crippen molar-refractivity contribution in [2.45, 2.75) is 32.2 Å². The summed E-state index contributed by atoms with van der Waals surface area (Å²) in [5.74, 6) is 0.299. The van der Waals surface area contributed by atoms with Crippen molar-refractivity contribution in [1.29, 1.82) is 0 Å². The average molecular weight is 236 g/mol. The van der Waals surface area contributed by atoms with E-state index in [0.717, 1.165) is 18.6 Å². The number of carbonyl (C=O) groups is 1. The van der Waals surface area contributed by atoms with E-state index in [2.05, 4.69) is 6.92 Å². The molecule has 0 bridgehead atoms. The minimum atomic E-state index is -0.630. The summed E-state index contributed by atoms with van der Waals surface area (Å²) in [6.07, 6.45) is 2.65. The van der Waals surface area contributed by atoms with Gasteiger partial charge in [0.1, 0.15) is 5.75 Å². The van der Waals surface area contributed by atoms with Gasteiger partial charge < -0.3 is 16.2 Å². The molecule has 0 aliphatic heterocycles. The van der Waals surface area contributed by atoms with Gasteiger partial charge in [0.05, 0.1) is 12.6 Å². The third kappa shape index (κ3) is 4.87. The van der Waals surface area contributed by atoms with Gasteiger partial charge in [-0.3, -0.25) is 4.79 Å². The van der Waals surface area contributed by atoms with Crippen molar-refractivity contribution < 1.29 is 9.53 Å². The van der Waals surface area contributed by atoms with Gasteiger partial charge in [0.15, 0.2) is 0 Å². The van der Waals surface area contributed by atoms with Gasteiger partial charge in [-0.1, -0.05) is 25.5 Å². The zero-order valence-electron chi connectivity index (χ0n) is 10.2. The second-order valence-electron chi connectivity index (χ2n) is 4.04.